The minimum absolute atomic E-state index is 0.00791. The molecule has 0 fully saturated rings. The molecule has 2 aliphatic carbocycles. The molecule has 1 unspecified atom stereocenters. The molecule has 1 aromatic heterocycles. The van der Waals surface area contributed by atoms with Crippen LogP contribution in [0.2, 0.25) is 0 Å². The lowest BCUT2D eigenvalue weighted by Gasteiger charge is -2.25. The fraction of sp³-hybridized carbons (Fsp3) is 0.400. The van der Waals surface area contributed by atoms with Crippen LogP contribution in [0.5, 0.6) is 5.75 Å². The van der Waals surface area contributed by atoms with Gasteiger partial charge in [0.05, 0.1) is 6.04 Å². The van der Waals surface area contributed by atoms with Crippen molar-refractivity contribution >= 4 is 5.91 Å². The summed E-state index contributed by atoms with van der Waals surface area (Å²) in [6, 6.07) is 9.37. The molecule has 2 aromatic rings. The normalized spacial score (nSPS) is 18.3. The monoisotopic (exact) mass is 338 g/mol. The van der Waals surface area contributed by atoms with Gasteiger partial charge in [-0.25, -0.2) is 0 Å². The number of rotatable bonds is 4. The van der Waals surface area contributed by atoms with Gasteiger partial charge in [-0.3, -0.25) is 9.59 Å². The van der Waals surface area contributed by atoms with Crippen LogP contribution in [-0.4, -0.2) is 17.5 Å². The SMILES string of the molecule is O=C(COc1ccc2c(c1)CCC2)NC1CCCc2[nH]c(=O)ccc21. The second-order valence-electron chi connectivity index (χ2n) is 6.84. The van der Waals surface area contributed by atoms with Gasteiger partial charge in [0.1, 0.15) is 5.75 Å². The van der Waals surface area contributed by atoms with Crippen LogP contribution >= 0.6 is 0 Å². The van der Waals surface area contributed by atoms with Gasteiger partial charge in [0.15, 0.2) is 6.61 Å². The van der Waals surface area contributed by atoms with Crippen LogP contribution in [0.4, 0.5) is 0 Å². The van der Waals surface area contributed by atoms with Crippen LogP contribution < -0.4 is 15.6 Å². The van der Waals surface area contributed by atoms with Crippen molar-refractivity contribution in [2.45, 2.75) is 44.6 Å². The molecule has 4 rings (SSSR count). The third kappa shape index (κ3) is 3.45. The fourth-order valence-corrected chi connectivity index (χ4v) is 3.87. The number of hydrogen-bond donors (Lipinski definition) is 2. The molecule has 1 amide bonds. The number of carbonyl (C=O) groups excluding carboxylic acids is 1. The van der Waals surface area contributed by atoms with Crippen molar-refractivity contribution in [1.29, 1.82) is 0 Å². The minimum atomic E-state index is -0.135. The van der Waals surface area contributed by atoms with Crippen molar-refractivity contribution < 1.29 is 9.53 Å². The molecule has 0 radical (unpaired) electrons. The maximum absolute atomic E-state index is 12.3. The highest BCUT2D eigenvalue weighted by atomic mass is 16.5. The predicted octanol–water partition coefficient (Wildman–Crippen LogP) is 2.44. The second-order valence-corrected chi connectivity index (χ2v) is 6.84. The zero-order chi connectivity index (χ0) is 17.2. The highest BCUT2D eigenvalue weighted by Gasteiger charge is 2.22. The summed E-state index contributed by atoms with van der Waals surface area (Å²) in [5.41, 5.74) is 4.58. The van der Waals surface area contributed by atoms with Crippen molar-refractivity contribution in [3.8, 4) is 5.75 Å². The Morgan fingerprint density at radius 1 is 1.12 bits per heavy atom. The number of fused-ring (bicyclic) bond motifs is 2. The number of ether oxygens (including phenoxy) is 1. The van der Waals surface area contributed by atoms with E-state index >= 15 is 0 Å². The highest BCUT2D eigenvalue weighted by molar-refractivity contribution is 5.78. The number of aromatic amines is 1. The third-order valence-corrected chi connectivity index (χ3v) is 5.11. The number of benzene rings is 1. The Balaban J connectivity index is 1.38. The van der Waals surface area contributed by atoms with Gasteiger partial charge in [0.2, 0.25) is 5.56 Å². The minimum Gasteiger partial charge on any atom is -0.484 e. The van der Waals surface area contributed by atoms with Crippen molar-refractivity contribution in [2.24, 2.45) is 0 Å². The summed E-state index contributed by atoms with van der Waals surface area (Å²) in [5, 5.41) is 3.03. The Kier molecular flexibility index (Phi) is 4.30. The molecule has 130 valence electrons. The van der Waals surface area contributed by atoms with Crippen LogP contribution in [0.25, 0.3) is 0 Å². The number of aromatic nitrogens is 1. The van der Waals surface area contributed by atoms with E-state index in [-0.39, 0.29) is 24.1 Å². The summed E-state index contributed by atoms with van der Waals surface area (Å²) >= 11 is 0. The van der Waals surface area contributed by atoms with Crippen molar-refractivity contribution in [2.75, 3.05) is 6.61 Å². The molecule has 0 bridgehead atoms. The summed E-state index contributed by atoms with van der Waals surface area (Å²) in [5.74, 6) is 0.619. The molecule has 5 heteroatoms. The number of amides is 1. The van der Waals surface area contributed by atoms with E-state index < -0.39 is 0 Å². The summed E-state index contributed by atoms with van der Waals surface area (Å²) in [7, 11) is 0. The maximum atomic E-state index is 12.3. The van der Waals surface area contributed by atoms with Gasteiger partial charge in [0, 0.05) is 11.8 Å². The molecule has 1 heterocycles. The van der Waals surface area contributed by atoms with Gasteiger partial charge in [-0.05, 0) is 73.4 Å². The smallest absolute Gasteiger partial charge is 0.258 e. The molecule has 0 saturated carbocycles. The average molecular weight is 338 g/mol. The number of hydrogen-bond acceptors (Lipinski definition) is 3. The van der Waals surface area contributed by atoms with Crippen LogP contribution in [0, 0.1) is 0 Å². The number of pyridine rings is 1. The van der Waals surface area contributed by atoms with Crippen molar-refractivity contribution in [3.05, 3.63) is 63.1 Å². The molecule has 0 saturated heterocycles. The van der Waals surface area contributed by atoms with Crippen LogP contribution in [-0.2, 0) is 24.1 Å². The summed E-state index contributed by atoms with van der Waals surface area (Å²) in [6.07, 6.45) is 6.11. The molecule has 0 spiro atoms. The number of H-pyrrole nitrogens is 1. The third-order valence-electron chi connectivity index (χ3n) is 5.11. The standard InChI is InChI=1S/C20H22N2O3/c23-19-10-9-16-17(21-19)5-2-6-18(16)22-20(24)12-25-15-8-7-13-3-1-4-14(13)11-15/h7-11,18H,1-6,12H2,(H,21,23)(H,22,24). The van der Waals surface area contributed by atoms with Crippen molar-refractivity contribution in [3.63, 3.8) is 0 Å². The van der Waals surface area contributed by atoms with Gasteiger partial charge in [-0.15, -0.1) is 0 Å². The van der Waals surface area contributed by atoms with Gasteiger partial charge in [-0.1, -0.05) is 6.07 Å². The van der Waals surface area contributed by atoms with E-state index in [0.29, 0.717) is 0 Å². The second kappa shape index (κ2) is 6.75. The summed E-state index contributed by atoms with van der Waals surface area (Å²) in [6.45, 7) is 0.00791. The number of nitrogens with one attached hydrogen (secondary N) is 2. The molecule has 2 aliphatic rings. The van der Waals surface area contributed by atoms with Gasteiger partial charge >= 0.3 is 0 Å². The van der Waals surface area contributed by atoms with E-state index in [4.69, 9.17) is 4.74 Å². The predicted molar refractivity (Wildman–Crippen MR) is 94.8 cm³/mol. The average Bonchev–Trinajstić information content (AvgIpc) is 3.07. The first-order chi connectivity index (χ1) is 12.2. The molecule has 0 aliphatic heterocycles. The first-order valence-corrected chi connectivity index (χ1v) is 8.95. The molecular formula is C20H22N2O3. The Hall–Kier alpha value is -2.56. The molecule has 1 aromatic carbocycles. The lowest BCUT2D eigenvalue weighted by Crippen LogP contribution is -2.35. The topological polar surface area (TPSA) is 71.2 Å². The van der Waals surface area contributed by atoms with E-state index in [2.05, 4.69) is 22.4 Å². The maximum Gasteiger partial charge on any atom is 0.258 e. The quantitative estimate of drug-likeness (QED) is 0.899. The molecular weight excluding hydrogens is 316 g/mol. The van der Waals surface area contributed by atoms with E-state index in [1.165, 1.54) is 23.6 Å². The van der Waals surface area contributed by atoms with E-state index in [0.717, 1.165) is 49.1 Å². The van der Waals surface area contributed by atoms with E-state index in [1.807, 2.05) is 12.1 Å². The highest BCUT2D eigenvalue weighted by Crippen LogP contribution is 2.28. The largest absolute Gasteiger partial charge is 0.484 e. The van der Waals surface area contributed by atoms with Crippen molar-refractivity contribution in [1.82, 2.24) is 10.3 Å². The van der Waals surface area contributed by atoms with E-state index in [9.17, 15) is 9.59 Å². The lowest BCUT2D eigenvalue weighted by atomic mass is 9.91. The first kappa shape index (κ1) is 15.9. The Labute approximate surface area is 146 Å². The Morgan fingerprint density at radius 2 is 2.00 bits per heavy atom. The Bertz CT molecular complexity index is 856. The number of aryl methyl sites for hydroxylation is 3. The zero-order valence-corrected chi connectivity index (χ0v) is 14.1. The fourth-order valence-electron chi connectivity index (χ4n) is 3.87. The summed E-state index contributed by atoms with van der Waals surface area (Å²) < 4.78 is 5.67. The van der Waals surface area contributed by atoms with Crippen LogP contribution in [0.3, 0.4) is 0 Å². The van der Waals surface area contributed by atoms with Gasteiger partial charge < -0.3 is 15.0 Å². The zero-order valence-electron chi connectivity index (χ0n) is 14.1. The van der Waals surface area contributed by atoms with Gasteiger partial charge in [0.25, 0.3) is 5.91 Å². The molecule has 25 heavy (non-hydrogen) atoms. The molecule has 5 nitrogen and oxygen atoms in total. The van der Waals surface area contributed by atoms with Crippen LogP contribution in [0.15, 0.2) is 35.1 Å². The van der Waals surface area contributed by atoms with E-state index in [1.54, 1.807) is 0 Å². The number of carbonyl (C=O) groups is 1. The molecule has 1 atom stereocenters. The Morgan fingerprint density at radius 3 is 2.92 bits per heavy atom. The molecule has 2 N–H and O–H groups in total. The lowest BCUT2D eigenvalue weighted by molar-refractivity contribution is -0.124. The van der Waals surface area contributed by atoms with Gasteiger partial charge in [-0.2, -0.15) is 0 Å². The van der Waals surface area contributed by atoms with Crippen LogP contribution in [0.1, 0.15) is 47.7 Å². The first-order valence-electron chi connectivity index (χ1n) is 8.95. The summed E-state index contributed by atoms with van der Waals surface area (Å²) in [4.78, 5) is 26.6.